The Morgan fingerprint density at radius 1 is 1.00 bits per heavy atom. The van der Waals surface area contributed by atoms with Crippen molar-refractivity contribution in [3.8, 4) is 0 Å². The van der Waals surface area contributed by atoms with Gasteiger partial charge in [0.25, 0.3) is 0 Å². The second-order valence-electron chi connectivity index (χ2n) is 10.7. The van der Waals surface area contributed by atoms with E-state index in [2.05, 4.69) is 50.8 Å². The van der Waals surface area contributed by atoms with Crippen molar-refractivity contribution in [2.75, 3.05) is 33.2 Å². The molecule has 34 heavy (non-hydrogen) atoms. The zero-order valence-electron chi connectivity index (χ0n) is 21.2. The van der Waals surface area contributed by atoms with Crippen LogP contribution < -0.4 is 10.6 Å². The van der Waals surface area contributed by atoms with Crippen LogP contribution in [0, 0.1) is 11.8 Å². The minimum atomic E-state index is -0.386. The van der Waals surface area contributed by atoms with Gasteiger partial charge in [-0.15, -0.1) is 0 Å². The molecule has 0 radical (unpaired) electrons. The predicted molar refractivity (Wildman–Crippen MR) is 136 cm³/mol. The van der Waals surface area contributed by atoms with E-state index in [1.807, 2.05) is 6.92 Å². The molecule has 0 aromatic heterocycles. The van der Waals surface area contributed by atoms with E-state index in [1.165, 1.54) is 24.8 Å². The standard InChI is InChI=1S/C28H44N4O2/c1-21(29-2)27(33)30-26(24-12-7-4-8-13-24)28(34)32-19-16-23-14-9-17-31(20-25(23)32)18-15-22-10-5-3-6-11-22/h3,5-6,10-11,21,23-26,29H,4,7-9,12-20H2,1-2H3,(H,30,33)/t21-,23+,25+,26?/m0/s1. The summed E-state index contributed by atoms with van der Waals surface area (Å²) in [6.45, 7) is 5.81. The average molecular weight is 469 g/mol. The van der Waals surface area contributed by atoms with Crippen LogP contribution in [0.2, 0.25) is 0 Å². The third kappa shape index (κ3) is 6.19. The van der Waals surface area contributed by atoms with Crippen molar-refractivity contribution in [2.45, 2.75) is 82.8 Å². The van der Waals surface area contributed by atoms with Crippen molar-refractivity contribution >= 4 is 11.8 Å². The average Bonchev–Trinajstić information content (AvgIpc) is 3.16. The van der Waals surface area contributed by atoms with Crippen molar-refractivity contribution < 1.29 is 9.59 Å². The fraction of sp³-hybridized carbons (Fsp3) is 0.714. The van der Waals surface area contributed by atoms with Gasteiger partial charge in [0.2, 0.25) is 11.8 Å². The Morgan fingerprint density at radius 2 is 1.76 bits per heavy atom. The monoisotopic (exact) mass is 468 g/mol. The highest BCUT2D eigenvalue weighted by atomic mass is 16.2. The van der Waals surface area contributed by atoms with Gasteiger partial charge in [-0.25, -0.2) is 0 Å². The molecule has 0 spiro atoms. The van der Waals surface area contributed by atoms with Crippen LogP contribution >= 0.6 is 0 Å². The van der Waals surface area contributed by atoms with Crippen molar-refractivity contribution in [2.24, 2.45) is 11.8 Å². The Hall–Kier alpha value is -1.92. The molecule has 2 saturated heterocycles. The summed E-state index contributed by atoms with van der Waals surface area (Å²) in [6, 6.07) is 10.3. The van der Waals surface area contributed by atoms with E-state index in [-0.39, 0.29) is 35.9 Å². The van der Waals surface area contributed by atoms with Gasteiger partial charge in [0, 0.05) is 25.7 Å². The van der Waals surface area contributed by atoms with Crippen LogP contribution in [0.4, 0.5) is 0 Å². The molecule has 3 aliphatic rings. The summed E-state index contributed by atoms with van der Waals surface area (Å²) in [5.74, 6) is 0.950. The Kier molecular flexibility index (Phi) is 9.01. The number of hydrogen-bond acceptors (Lipinski definition) is 4. The van der Waals surface area contributed by atoms with Crippen molar-refractivity contribution in [3.63, 3.8) is 0 Å². The molecule has 3 fully saturated rings. The highest BCUT2D eigenvalue weighted by Crippen LogP contribution is 2.34. The van der Waals surface area contributed by atoms with Gasteiger partial charge in [-0.3, -0.25) is 9.59 Å². The SMILES string of the molecule is CN[C@@H](C)C(=O)NC(C(=O)N1CC[C@H]2CCCN(CCc3ccccc3)C[C@H]21)C1CCCCC1. The molecule has 6 heteroatoms. The van der Waals surface area contributed by atoms with Crippen LogP contribution in [0.15, 0.2) is 30.3 Å². The van der Waals surface area contributed by atoms with Crippen molar-refractivity contribution in [1.82, 2.24) is 20.4 Å². The fourth-order valence-electron chi connectivity index (χ4n) is 6.28. The quantitative estimate of drug-likeness (QED) is 0.615. The van der Waals surface area contributed by atoms with Crippen LogP contribution in [-0.4, -0.2) is 73.0 Å². The van der Waals surface area contributed by atoms with Gasteiger partial charge in [-0.1, -0.05) is 49.6 Å². The van der Waals surface area contributed by atoms with Crippen molar-refractivity contribution in [1.29, 1.82) is 0 Å². The lowest BCUT2D eigenvalue weighted by atomic mass is 9.83. The largest absolute Gasteiger partial charge is 0.343 e. The Bertz CT molecular complexity index is 795. The van der Waals surface area contributed by atoms with Crippen LogP contribution in [0.25, 0.3) is 0 Å². The van der Waals surface area contributed by atoms with E-state index in [4.69, 9.17) is 0 Å². The molecule has 2 aliphatic heterocycles. The molecule has 1 aliphatic carbocycles. The Labute approximate surface area is 205 Å². The van der Waals surface area contributed by atoms with E-state index in [0.29, 0.717) is 5.92 Å². The molecular weight excluding hydrogens is 424 g/mol. The number of nitrogens with one attached hydrogen (secondary N) is 2. The molecule has 2 heterocycles. The lowest BCUT2D eigenvalue weighted by molar-refractivity contribution is -0.140. The normalized spacial score (nSPS) is 25.9. The maximum absolute atomic E-state index is 14.0. The number of amides is 2. The fourth-order valence-corrected chi connectivity index (χ4v) is 6.28. The van der Waals surface area contributed by atoms with Gasteiger partial charge in [-0.05, 0) is 76.4 Å². The predicted octanol–water partition coefficient (Wildman–Crippen LogP) is 3.22. The highest BCUT2D eigenvalue weighted by Gasteiger charge is 2.43. The maximum atomic E-state index is 14.0. The van der Waals surface area contributed by atoms with E-state index >= 15 is 0 Å². The van der Waals surface area contributed by atoms with Gasteiger partial charge in [0.15, 0.2) is 0 Å². The molecule has 0 bridgehead atoms. The molecule has 2 N–H and O–H groups in total. The van der Waals surface area contributed by atoms with Gasteiger partial charge in [-0.2, -0.15) is 0 Å². The highest BCUT2D eigenvalue weighted by molar-refractivity contribution is 5.90. The zero-order valence-corrected chi connectivity index (χ0v) is 21.2. The first kappa shape index (κ1) is 25.2. The number of benzene rings is 1. The molecule has 4 atom stereocenters. The molecule has 1 aromatic rings. The van der Waals surface area contributed by atoms with Crippen LogP contribution in [0.5, 0.6) is 0 Å². The van der Waals surface area contributed by atoms with E-state index in [1.54, 1.807) is 7.05 Å². The summed E-state index contributed by atoms with van der Waals surface area (Å²) in [6.07, 6.45) is 10.2. The van der Waals surface area contributed by atoms with Gasteiger partial charge in [0.05, 0.1) is 6.04 Å². The Balaban J connectivity index is 1.45. The van der Waals surface area contributed by atoms with E-state index in [0.717, 1.165) is 64.7 Å². The molecule has 6 nitrogen and oxygen atoms in total. The second kappa shape index (κ2) is 12.2. The first-order valence-corrected chi connectivity index (χ1v) is 13.6. The molecule has 1 saturated carbocycles. The number of hydrogen-bond donors (Lipinski definition) is 2. The number of carbonyl (C=O) groups is 2. The van der Waals surface area contributed by atoms with Gasteiger partial charge < -0.3 is 20.4 Å². The molecule has 1 unspecified atom stereocenters. The van der Waals surface area contributed by atoms with Crippen molar-refractivity contribution in [3.05, 3.63) is 35.9 Å². The smallest absolute Gasteiger partial charge is 0.245 e. The topological polar surface area (TPSA) is 64.7 Å². The lowest BCUT2D eigenvalue weighted by Crippen LogP contribution is -2.57. The first-order chi connectivity index (χ1) is 16.6. The number of likely N-dealkylation sites (tertiary alicyclic amines) is 2. The van der Waals surface area contributed by atoms with Crippen LogP contribution in [-0.2, 0) is 16.0 Å². The summed E-state index contributed by atoms with van der Waals surface area (Å²) in [7, 11) is 1.79. The third-order valence-electron chi connectivity index (χ3n) is 8.53. The second-order valence-corrected chi connectivity index (χ2v) is 10.7. The van der Waals surface area contributed by atoms with E-state index < -0.39 is 0 Å². The lowest BCUT2D eigenvalue weighted by Gasteiger charge is -2.37. The Morgan fingerprint density at radius 3 is 2.50 bits per heavy atom. The van der Waals surface area contributed by atoms with Crippen LogP contribution in [0.1, 0.15) is 63.9 Å². The van der Waals surface area contributed by atoms with Gasteiger partial charge in [0.1, 0.15) is 6.04 Å². The molecule has 4 rings (SSSR count). The molecule has 2 amide bonds. The van der Waals surface area contributed by atoms with Crippen LogP contribution in [0.3, 0.4) is 0 Å². The van der Waals surface area contributed by atoms with Gasteiger partial charge >= 0.3 is 0 Å². The first-order valence-electron chi connectivity index (χ1n) is 13.6. The summed E-state index contributed by atoms with van der Waals surface area (Å²) >= 11 is 0. The minimum Gasteiger partial charge on any atom is -0.343 e. The molecular formula is C28H44N4O2. The molecule has 188 valence electrons. The number of nitrogens with zero attached hydrogens (tertiary/aromatic N) is 2. The number of carbonyl (C=O) groups excluding carboxylic acids is 2. The number of rotatable bonds is 8. The minimum absolute atomic E-state index is 0.0625. The number of likely N-dealkylation sites (N-methyl/N-ethyl adjacent to an activating group) is 1. The summed E-state index contributed by atoms with van der Waals surface area (Å²) < 4.78 is 0. The summed E-state index contributed by atoms with van der Waals surface area (Å²) in [5, 5.41) is 6.20. The summed E-state index contributed by atoms with van der Waals surface area (Å²) in [4.78, 5) is 31.6. The molecule has 1 aromatic carbocycles. The zero-order chi connectivity index (χ0) is 23.9. The number of fused-ring (bicyclic) bond motifs is 1. The van der Waals surface area contributed by atoms with E-state index in [9.17, 15) is 9.59 Å². The summed E-state index contributed by atoms with van der Waals surface area (Å²) in [5.41, 5.74) is 1.38. The third-order valence-corrected chi connectivity index (χ3v) is 8.53. The maximum Gasteiger partial charge on any atom is 0.245 e.